The van der Waals surface area contributed by atoms with Crippen molar-refractivity contribution in [3.63, 3.8) is 0 Å². The minimum atomic E-state index is 0.974. The van der Waals surface area contributed by atoms with Crippen LogP contribution in [0.25, 0.3) is 11.4 Å². The fourth-order valence-corrected chi connectivity index (χ4v) is 1.75. The monoisotopic (exact) mass is 200 g/mol. The van der Waals surface area contributed by atoms with E-state index in [0.717, 1.165) is 12.2 Å². The van der Waals surface area contributed by atoms with E-state index in [-0.39, 0.29) is 0 Å². The van der Waals surface area contributed by atoms with Gasteiger partial charge in [-0.05, 0) is 18.4 Å². The molecule has 1 aromatic heterocycles. The fourth-order valence-electron chi connectivity index (χ4n) is 1.75. The highest BCUT2D eigenvalue weighted by atomic mass is 14.9. The fraction of sp³-hybridized carbons (Fsp3) is 0.308. The average molecular weight is 200 g/mol. The summed E-state index contributed by atoms with van der Waals surface area (Å²) in [7, 11) is 0. The molecule has 2 nitrogen and oxygen atoms in total. The van der Waals surface area contributed by atoms with Crippen molar-refractivity contribution in [2.45, 2.75) is 26.2 Å². The van der Waals surface area contributed by atoms with Gasteiger partial charge in [-0.25, -0.2) is 4.98 Å². The number of hydrogen-bond acceptors (Lipinski definition) is 1. The van der Waals surface area contributed by atoms with Gasteiger partial charge in [-0.2, -0.15) is 0 Å². The highest BCUT2D eigenvalue weighted by molar-refractivity contribution is 5.59. The zero-order valence-corrected chi connectivity index (χ0v) is 9.03. The molecular formula is C13H16N2. The molecule has 0 radical (unpaired) electrons. The molecule has 2 rings (SSSR count). The summed E-state index contributed by atoms with van der Waals surface area (Å²) in [5, 5.41) is 0. The molecule has 0 aliphatic heterocycles. The molecule has 2 heteroatoms. The molecule has 0 unspecified atom stereocenters. The van der Waals surface area contributed by atoms with Crippen molar-refractivity contribution in [1.82, 2.24) is 9.97 Å². The maximum absolute atomic E-state index is 4.30. The number of unbranched alkanes of at least 4 members (excludes halogenated alkanes) is 1. The van der Waals surface area contributed by atoms with Crippen LogP contribution in [-0.2, 0) is 6.42 Å². The van der Waals surface area contributed by atoms with E-state index in [1.54, 1.807) is 6.20 Å². The minimum Gasteiger partial charge on any atom is -0.345 e. The van der Waals surface area contributed by atoms with Crippen LogP contribution in [0.15, 0.2) is 36.7 Å². The second-order valence-corrected chi connectivity index (χ2v) is 3.70. The van der Waals surface area contributed by atoms with Gasteiger partial charge in [0.1, 0.15) is 5.82 Å². The van der Waals surface area contributed by atoms with Gasteiger partial charge in [0.15, 0.2) is 0 Å². The van der Waals surface area contributed by atoms with E-state index in [0.29, 0.717) is 0 Å². The number of imidazole rings is 1. The summed E-state index contributed by atoms with van der Waals surface area (Å²) in [4.78, 5) is 7.46. The average Bonchev–Trinajstić information content (AvgIpc) is 2.80. The highest BCUT2D eigenvalue weighted by Gasteiger charge is 2.05. The van der Waals surface area contributed by atoms with Crippen LogP contribution in [0.3, 0.4) is 0 Å². The lowest BCUT2D eigenvalue weighted by atomic mass is 10.0. The Morgan fingerprint density at radius 1 is 1.27 bits per heavy atom. The lowest BCUT2D eigenvalue weighted by Crippen LogP contribution is -1.91. The van der Waals surface area contributed by atoms with Crippen LogP contribution >= 0.6 is 0 Å². The summed E-state index contributed by atoms with van der Waals surface area (Å²) in [6.07, 6.45) is 7.26. The van der Waals surface area contributed by atoms with Crippen molar-refractivity contribution in [1.29, 1.82) is 0 Å². The summed E-state index contributed by atoms with van der Waals surface area (Å²) >= 11 is 0. The van der Waals surface area contributed by atoms with Crippen LogP contribution in [0.4, 0.5) is 0 Å². The van der Waals surface area contributed by atoms with Crippen molar-refractivity contribution >= 4 is 0 Å². The third-order valence-electron chi connectivity index (χ3n) is 2.57. The smallest absolute Gasteiger partial charge is 0.137 e. The van der Waals surface area contributed by atoms with E-state index < -0.39 is 0 Å². The Bertz CT molecular complexity index is 404. The zero-order valence-electron chi connectivity index (χ0n) is 9.03. The molecule has 1 heterocycles. The molecular weight excluding hydrogens is 184 g/mol. The number of benzene rings is 1. The highest BCUT2D eigenvalue weighted by Crippen LogP contribution is 2.21. The van der Waals surface area contributed by atoms with E-state index in [1.165, 1.54) is 24.0 Å². The van der Waals surface area contributed by atoms with Crippen LogP contribution in [0.1, 0.15) is 25.3 Å². The Morgan fingerprint density at radius 3 is 2.87 bits per heavy atom. The number of aromatic nitrogens is 2. The van der Waals surface area contributed by atoms with Gasteiger partial charge in [-0.3, -0.25) is 0 Å². The number of rotatable bonds is 4. The second-order valence-electron chi connectivity index (χ2n) is 3.70. The molecule has 0 spiro atoms. The lowest BCUT2D eigenvalue weighted by molar-refractivity contribution is 0.795. The molecule has 15 heavy (non-hydrogen) atoms. The largest absolute Gasteiger partial charge is 0.345 e. The van der Waals surface area contributed by atoms with E-state index in [4.69, 9.17) is 0 Å². The Kier molecular flexibility index (Phi) is 3.18. The standard InChI is InChI=1S/C13H16N2/c1-2-3-6-11-7-4-5-8-12(11)13-14-9-10-15-13/h4-5,7-10H,2-3,6H2,1H3,(H,14,15). The molecule has 1 N–H and O–H groups in total. The van der Waals surface area contributed by atoms with Gasteiger partial charge >= 0.3 is 0 Å². The Labute approximate surface area is 90.4 Å². The summed E-state index contributed by atoms with van der Waals surface area (Å²) in [5.74, 6) is 0.974. The molecule has 78 valence electrons. The van der Waals surface area contributed by atoms with Gasteiger partial charge in [0.2, 0.25) is 0 Å². The minimum absolute atomic E-state index is 0.974. The van der Waals surface area contributed by atoms with Crippen molar-refractivity contribution in [2.75, 3.05) is 0 Å². The summed E-state index contributed by atoms with van der Waals surface area (Å²) < 4.78 is 0. The molecule has 1 aromatic carbocycles. The van der Waals surface area contributed by atoms with E-state index in [2.05, 4.69) is 41.2 Å². The van der Waals surface area contributed by atoms with Gasteiger partial charge in [-0.15, -0.1) is 0 Å². The number of H-pyrrole nitrogens is 1. The van der Waals surface area contributed by atoms with E-state index in [1.807, 2.05) is 6.20 Å². The van der Waals surface area contributed by atoms with E-state index >= 15 is 0 Å². The van der Waals surface area contributed by atoms with Crippen molar-refractivity contribution < 1.29 is 0 Å². The van der Waals surface area contributed by atoms with Gasteiger partial charge in [-0.1, -0.05) is 37.6 Å². The van der Waals surface area contributed by atoms with Crippen LogP contribution in [0, 0.1) is 0 Å². The molecule has 0 aliphatic rings. The first-order chi connectivity index (χ1) is 7.42. The lowest BCUT2D eigenvalue weighted by Gasteiger charge is -2.06. The summed E-state index contributed by atoms with van der Waals surface area (Å²) in [5.41, 5.74) is 2.62. The number of aromatic amines is 1. The van der Waals surface area contributed by atoms with E-state index in [9.17, 15) is 0 Å². The first-order valence-corrected chi connectivity index (χ1v) is 5.49. The molecule has 0 aliphatic carbocycles. The van der Waals surface area contributed by atoms with Crippen LogP contribution < -0.4 is 0 Å². The van der Waals surface area contributed by atoms with Crippen molar-refractivity contribution in [2.24, 2.45) is 0 Å². The first kappa shape index (κ1) is 9.97. The zero-order chi connectivity index (χ0) is 10.5. The van der Waals surface area contributed by atoms with Crippen molar-refractivity contribution in [3.05, 3.63) is 42.2 Å². The Balaban J connectivity index is 2.30. The first-order valence-electron chi connectivity index (χ1n) is 5.49. The summed E-state index contributed by atoms with van der Waals surface area (Å²) in [6.45, 7) is 2.22. The second kappa shape index (κ2) is 4.78. The van der Waals surface area contributed by atoms with Crippen LogP contribution in [0.2, 0.25) is 0 Å². The Hall–Kier alpha value is -1.57. The molecule has 0 atom stereocenters. The normalized spacial score (nSPS) is 10.5. The maximum atomic E-state index is 4.30. The quantitative estimate of drug-likeness (QED) is 0.804. The Morgan fingerprint density at radius 2 is 2.13 bits per heavy atom. The van der Waals surface area contributed by atoms with Gasteiger partial charge < -0.3 is 4.98 Å². The molecule has 0 saturated heterocycles. The third kappa shape index (κ3) is 2.27. The van der Waals surface area contributed by atoms with Gasteiger partial charge in [0, 0.05) is 18.0 Å². The SMILES string of the molecule is CCCCc1ccccc1-c1ncc[nH]1. The number of nitrogens with one attached hydrogen (secondary N) is 1. The maximum Gasteiger partial charge on any atom is 0.137 e. The molecule has 0 fully saturated rings. The predicted molar refractivity (Wildman–Crippen MR) is 62.6 cm³/mol. The number of hydrogen-bond donors (Lipinski definition) is 1. The van der Waals surface area contributed by atoms with Crippen molar-refractivity contribution in [3.8, 4) is 11.4 Å². The van der Waals surface area contributed by atoms with Gasteiger partial charge in [0.25, 0.3) is 0 Å². The molecule has 2 aromatic rings. The molecule has 0 saturated carbocycles. The number of aryl methyl sites for hydroxylation is 1. The topological polar surface area (TPSA) is 28.7 Å². The predicted octanol–water partition coefficient (Wildman–Crippen LogP) is 3.42. The summed E-state index contributed by atoms with van der Waals surface area (Å²) in [6, 6.07) is 8.47. The third-order valence-corrected chi connectivity index (χ3v) is 2.57. The van der Waals surface area contributed by atoms with Crippen LogP contribution in [0.5, 0.6) is 0 Å². The molecule has 0 bridgehead atoms. The molecule has 0 amide bonds. The van der Waals surface area contributed by atoms with Crippen LogP contribution in [-0.4, -0.2) is 9.97 Å². The van der Waals surface area contributed by atoms with Gasteiger partial charge in [0.05, 0.1) is 0 Å². The number of nitrogens with zero attached hydrogens (tertiary/aromatic N) is 1.